The van der Waals surface area contributed by atoms with Crippen molar-refractivity contribution in [1.82, 2.24) is 5.32 Å². The van der Waals surface area contributed by atoms with Gasteiger partial charge < -0.3 is 20.9 Å². The zero-order chi connectivity index (χ0) is 18.4. The smallest absolute Gasteiger partial charge is 0.189 e. The zero-order valence-corrected chi connectivity index (χ0v) is 17.9. The van der Waals surface area contributed by atoms with E-state index in [0.717, 1.165) is 17.7 Å². The topological polar surface area (TPSA) is 79.9 Å². The molecule has 0 amide bonds. The summed E-state index contributed by atoms with van der Waals surface area (Å²) in [5.74, 6) is 1.47. The van der Waals surface area contributed by atoms with E-state index in [4.69, 9.17) is 10.5 Å². The first-order valence-electron chi connectivity index (χ1n) is 9.14. The number of aliphatic hydroxyl groups excluding tert-OH is 1. The van der Waals surface area contributed by atoms with Crippen molar-refractivity contribution < 1.29 is 9.84 Å². The van der Waals surface area contributed by atoms with Crippen molar-refractivity contribution in [3.63, 3.8) is 0 Å². The molecule has 3 unspecified atom stereocenters. The predicted molar refractivity (Wildman–Crippen MR) is 120 cm³/mol. The van der Waals surface area contributed by atoms with Crippen LogP contribution in [-0.4, -0.2) is 30.3 Å². The first kappa shape index (κ1) is 21.5. The number of guanidine groups is 1. The van der Waals surface area contributed by atoms with Crippen LogP contribution in [0, 0.1) is 0 Å². The normalized spacial score (nSPS) is 18.4. The van der Waals surface area contributed by atoms with E-state index in [2.05, 4.69) is 28.5 Å². The average molecular weight is 481 g/mol. The fraction of sp³-hybridized carbons (Fsp3) is 0.381. The minimum Gasteiger partial charge on any atom is -0.493 e. The molecule has 0 saturated carbocycles. The molecule has 2 aromatic rings. The molecule has 2 aromatic carbocycles. The first-order chi connectivity index (χ1) is 12.6. The van der Waals surface area contributed by atoms with Crippen LogP contribution in [0.1, 0.15) is 42.9 Å². The molecule has 1 aliphatic heterocycles. The number of rotatable bonds is 6. The highest BCUT2D eigenvalue weighted by atomic mass is 127. The Labute approximate surface area is 178 Å². The molecule has 0 radical (unpaired) electrons. The minimum atomic E-state index is -0.382. The second kappa shape index (κ2) is 10.5. The van der Waals surface area contributed by atoms with Crippen LogP contribution in [0.15, 0.2) is 59.6 Å². The van der Waals surface area contributed by atoms with Gasteiger partial charge in [0.05, 0.1) is 18.8 Å². The number of fused-ring (bicyclic) bond motifs is 1. The molecule has 0 spiro atoms. The molecule has 0 aliphatic carbocycles. The van der Waals surface area contributed by atoms with Gasteiger partial charge in [0.1, 0.15) is 5.75 Å². The molecule has 6 heteroatoms. The first-order valence-corrected chi connectivity index (χ1v) is 9.14. The number of nitrogens with zero attached hydrogens (tertiary/aromatic N) is 1. The summed E-state index contributed by atoms with van der Waals surface area (Å²) >= 11 is 0. The Morgan fingerprint density at radius 2 is 1.93 bits per heavy atom. The summed E-state index contributed by atoms with van der Waals surface area (Å²) in [4.78, 5) is 4.55. The van der Waals surface area contributed by atoms with E-state index in [1.165, 1.54) is 5.56 Å². The molecular formula is C21H28IN3O2. The van der Waals surface area contributed by atoms with E-state index in [1.54, 1.807) is 6.92 Å². The van der Waals surface area contributed by atoms with Crippen molar-refractivity contribution in [3.05, 3.63) is 65.7 Å². The molecule has 27 heavy (non-hydrogen) atoms. The minimum absolute atomic E-state index is 0. The Morgan fingerprint density at radius 1 is 1.22 bits per heavy atom. The van der Waals surface area contributed by atoms with Gasteiger partial charge in [-0.05, 0) is 25.0 Å². The van der Waals surface area contributed by atoms with Crippen molar-refractivity contribution in [2.75, 3.05) is 13.2 Å². The van der Waals surface area contributed by atoms with Crippen LogP contribution >= 0.6 is 24.0 Å². The Bertz CT molecular complexity index is 737. The summed E-state index contributed by atoms with van der Waals surface area (Å²) in [5.41, 5.74) is 8.43. The van der Waals surface area contributed by atoms with Crippen molar-refractivity contribution in [2.45, 2.75) is 37.8 Å². The summed E-state index contributed by atoms with van der Waals surface area (Å²) in [6.07, 6.45) is 1.12. The van der Waals surface area contributed by atoms with E-state index in [-0.39, 0.29) is 42.0 Å². The van der Waals surface area contributed by atoms with E-state index in [9.17, 15) is 5.11 Å². The third-order valence-electron chi connectivity index (χ3n) is 4.66. The number of aliphatic hydroxyl groups is 1. The van der Waals surface area contributed by atoms with Gasteiger partial charge in [-0.25, -0.2) is 0 Å². The lowest BCUT2D eigenvalue weighted by molar-refractivity contribution is 0.175. The Balaban J connectivity index is 0.00000261. The summed E-state index contributed by atoms with van der Waals surface area (Å²) in [7, 11) is 0. The molecule has 3 rings (SSSR count). The van der Waals surface area contributed by atoms with Gasteiger partial charge in [0, 0.05) is 24.4 Å². The molecule has 0 aromatic heterocycles. The summed E-state index contributed by atoms with van der Waals surface area (Å²) < 4.78 is 5.69. The third-order valence-corrected chi connectivity index (χ3v) is 4.66. The summed E-state index contributed by atoms with van der Waals surface area (Å²) in [6, 6.07) is 18.3. The number of nitrogens with one attached hydrogen (secondary N) is 1. The van der Waals surface area contributed by atoms with Crippen LogP contribution < -0.4 is 15.8 Å². The monoisotopic (exact) mass is 481 g/mol. The molecule has 146 valence electrons. The van der Waals surface area contributed by atoms with E-state index in [1.807, 2.05) is 36.4 Å². The maximum atomic E-state index is 9.81. The van der Waals surface area contributed by atoms with Gasteiger partial charge in [-0.3, -0.25) is 4.99 Å². The van der Waals surface area contributed by atoms with Crippen molar-refractivity contribution in [3.8, 4) is 5.75 Å². The number of para-hydroxylation sites is 1. The standard InChI is InChI=1S/C21H27N3O2.HI/c1-15(25)13-17(16-7-3-2-4-8-16)14-23-21(22)24-19-11-12-26-20-10-6-5-9-18(19)20;/h2-10,15,17,19,25H,11-14H2,1H3,(H3,22,23,24);1H. The van der Waals surface area contributed by atoms with Gasteiger partial charge in [-0.1, -0.05) is 48.5 Å². The Morgan fingerprint density at radius 3 is 2.67 bits per heavy atom. The number of nitrogens with two attached hydrogens (primary N) is 1. The quantitative estimate of drug-likeness (QED) is 0.335. The Kier molecular flexibility index (Phi) is 8.37. The fourth-order valence-corrected chi connectivity index (χ4v) is 3.38. The van der Waals surface area contributed by atoms with Crippen LogP contribution in [0.3, 0.4) is 0 Å². The van der Waals surface area contributed by atoms with E-state index >= 15 is 0 Å². The highest BCUT2D eigenvalue weighted by molar-refractivity contribution is 14.0. The lowest BCUT2D eigenvalue weighted by Gasteiger charge is -2.27. The molecular weight excluding hydrogens is 453 g/mol. The second-order valence-electron chi connectivity index (χ2n) is 6.79. The van der Waals surface area contributed by atoms with Gasteiger partial charge in [-0.15, -0.1) is 24.0 Å². The van der Waals surface area contributed by atoms with Crippen LogP contribution in [0.4, 0.5) is 0 Å². The van der Waals surface area contributed by atoms with E-state index in [0.29, 0.717) is 25.5 Å². The van der Waals surface area contributed by atoms with E-state index < -0.39 is 0 Å². The highest BCUT2D eigenvalue weighted by Crippen LogP contribution is 2.31. The lowest BCUT2D eigenvalue weighted by atomic mass is 9.93. The number of ether oxygens (including phenoxy) is 1. The van der Waals surface area contributed by atoms with Crippen LogP contribution in [0.5, 0.6) is 5.75 Å². The van der Waals surface area contributed by atoms with Gasteiger partial charge >= 0.3 is 0 Å². The molecule has 0 saturated heterocycles. The van der Waals surface area contributed by atoms with Crippen LogP contribution in [0.25, 0.3) is 0 Å². The maximum Gasteiger partial charge on any atom is 0.189 e. The van der Waals surface area contributed by atoms with Gasteiger partial charge in [0.2, 0.25) is 0 Å². The molecule has 5 nitrogen and oxygen atoms in total. The SMILES string of the molecule is CC(O)CC(CN=C(N)NC1CCOc2ccccc21)c1ccccc1.I. The van der Waals surface area contributed by atoms with Crippen molar-refractivity contribution in [1.29, 1.82) is 0 Å². The largest absolute Gasteiger partial charge is 0.493 e. The number of hydrogen-bond donors (Lipinski definition) is 3. The molecule has 1 aliphatic rings. The lowest BCUT2D eigenvalue weighted by Crippen LogP contribution is -2.37. The molecule has 4 N–H and O–H groups in total. The molecule has 0 fully saturated rings. The summed E-state index contributed by atoms with van der Waals surface area (Å²) in [6.45, 7) is 3.01. The molecule has 1 heterocycles. The van der Waals surface area contributed by atoms with Gasteiger partial charge in [-0.2, -0.15) is 0 Å². The number of benzene rings is 2. The van der Waals surface area contributed by atoms with Crippen LogP contribution in [-0.2, 0) is 0 Å². The molecule has 0 bridgehead atoms. The second-order valence-corrected chi connectivity index (χ2v) is 6.79. The van der Waals surface area contributed by atoms with Crippen molar-refractivity contribution >= 4 is 29.9 Å². The average Bonchev–Trinajstić information content (AvgIpc) is 2.66. The predicted octanol–water partition coefficient (Wildman–Crippen LogP) is 3.59. The van der Waals surface area contributed by atoms with Gasteiger partial charge in [0.25, 0.3) is 0 Å². The Hall–Kier alpha value is -1.80. The summed E-state index contributed by atoms with van der Waals surface area (Å²) in [5, 5.41) is 13.1. The number of halogens is 1. The van der Waals surface area contributed by atoms with Gasteiger partial charge in [0.15, 0.2) is 5.96 Å². The third kappa shape index (κ3) is 6.10. The maximum absolute atomic E-state index is 9.81. The van der Waals surface area contributed by atoms with Crippen LogP contribution in [0.2, 0.25) is 0 Å². The highest BCUT2D eigenvalue weighted by Gasteiger charge is 2.21. The van der Waals surface area contributed by atoms with Crippen molar-refractivity contribution in [2.24, 2.45) is 10.7 Å². The fourth-order valence-electron chi connectivity index (χ4n) is 3.38. The molecule has 3 atom stereocenters. The zero-order valence-electron chi connectivity index (χ0n) is 15.5. The number of hydrogen-bond acceptors (Lipinski definition) is 3. The number of aliphatic imine (C=N–C) groups is 1.